The van der Waals surface area contributed by atoms with Gasteiger partial charge in [0.15, 0.2) is 11.5 Å². The predicted octanol–water partition coefficient (Wildman–Crippen LogP) is 2.06. The number of hydrogen-bond acceptors (Lipinski definition) is 3. The molecule has 1 aliphatic rings. The van der Waals surface area contributed by atoms with Crippen molar-refractivity contribution in [1.82, 2.24) is 0 Å². The number of fused-ring (bicyclic) bond motifs is 1. The number of para-hydroxylation sites is 2. The van der Waals surface area contributed by atoms with E-state index in [1.54, 1.807) is 0 Å². The second kappa shape index (κ2) is 8.38. The first-order chi connectivity index (χ1) is 6.97. The largest absolute Gasteiger partial charge is 0.486 e. The van der Waals surface area contributed by atoms with Gasteiger partial charge in [-0.05, 0) is 19.2 Å². The summed E-state index contributed by atoms with van der Waals surface area (Å²) in [4.78, 5) is 0. The van der Waals surface area contributed by atoms with Crippen LogP contribution in [0.5, 0.6) is 11.5 Å². The number of ether oxygens (including phenoxy) is 2. The van der Waals surface area contributed by atoms with Gasteiger partial charge in [-0.1, -0.05) is 26.0 Å². The minimum Gasteiger partial charge on any atom is -0.486 e. The Bertz CT molecular complexity index is 213. The molecule has 0 spiro atoms. The van der Waals surface area contributed by atoms with Crippen LogP contribution in [-0.2, 0) is 0 Å². The summed E-state index contributed by atoms with van der Waals surface area (Å²) < 4.78 is 10.6. The normalized spacial score (nSPS) is 11.4. The molecular formula is C11H19NO2. The maximum absolute atomic E-state index is 5.30. The lowest BCUT2D eigenvalue weighted by Gasteiger charge is -2.17. The van der Waals surface area contributed by atoms with Crippen LogP contribution >= 0.6 is 0 Å². The summed E-state index contributed by atoms with van der Waals surface area (Å²) in [6.07, 6.45) is 0. The first kappa shape index (κ1) is 12.8. The molecule has 1 heterocycles. The fraction of sp³-hybridized carbons (Fsp3) is 0.455. The lowest BCUT2D eigenvalue weighted by molar-refractivity contribution is 0.171. The van der Waals surface area contributed by atoms with E-state index in [-0.39, 0.29) is 0 Å². The monoisotopic (exact) mass is 197 g/mol. The quantitative estimate of drug-likeness (QED) is 0.692. The van der Waals surface area contributed by atoms with Gasteiger partial charge in [-0.25, -0.2) is 0 Å². The van der Waals surface area contributed by atoms with Crippen LogP contribution in [0.25, 0.3) is 0 Å². The Balaban J connectivity index is 0.000000379. The molecule has 14 heavy (non-hydrogen) atoms. The average molecular weight is 197 g/mol. The van der Waals surface area contributed by atoms with Crippen molar-refractivity contribution < 1.29 is 9.47 Å². The van der Waals surface area contributed by atoms with Crippen LogP contribution in [-0.4, -0.2) is 20.3 Å². The van der Waals surface area contributed by atoms with E-state index in [1.165, 1.54) is 7.05 Å². The zero-order valence-corrected chi connectivity index (χ0v) is 9.12. The highest BCUT2D eigenvalue weighted by Gasteiger charge is 2.07. The molecule has 0 aromatic heterocycles. The van der Waals surface area contributed by atoms with Crippen LogP contribution in [0.1, 0.15) is 13.8 Å². The molecule has 0 saturated heterocycles. The number of benzene rings is 1. The molecule has 1 aromatic rings. The Hall–Kier alpha value is -1.22. The Morgan fingerprint density at radius 3 is 1.64 bits per heavy atom. The molecular weight excluding hydrogens is 178 g/mol. The zero-order valence-electron chi connectivity index (χ0n) is 9.12. The van der Waals surface area contributed by atoms with Crippen LogP contribution in [0, 0.1) is 0 Å². The zero-order chi connectivity index (χ0) is 10.8. The van der Waals surface area contributed by atoms with Gasteiger partial charge in [-0.15, -0.1) is 0 Å². The highest BCUT2D eigenvalue weighted by Crippen LogP contribution is 2.28. The second-order valence-corrected chi connectivity index (χ2v) is 2.14. The standard InChI is InChI=1S/C8H8O2.C2H6.CH5N/c1-2-4-8-7(3-1)9-5-6-10-8;2*1-2/h1-4H,5-6H2;1-2H3;2H2,1H3. The van der Waals surface area contributed by atoms with E-state index >= 15 is 0 Å². The number of hydrogen-bond donors (Lipinski definition) is 1. The molecule has 0 aliphatic carbocycles. The van der Waals surface area contributed by atoms with Crippen LogP contribution in [0.15, 0.2) is 24.3 Å². The summed E-state index contributed by atoms with van der Waals surface area (Å²) in [5.41, 5.74) is 4.50. The van der Waals surface area contributed by atoms with Crippen LogP contribution < -0.4 is 15.2 Å². The van der Waals surface area contributed by atoms with Gasteiger partial charge in [0.05, 0.1) is 0 Å². The summed E-state index contributed by atoms with van der Waals surface area (Å²) >= 11 is 0. The second-order valence-electron chi connectivity index (χ2n) is 2.14. The highest BCUT2D eigenvalue weighted by molar-refractivity contribution is 5.40. The van der Waals surface area contributed by atoms with E-state index in [0.29, 0.717) is 13.2 Å². The summed E-state index contributed by atoms with van der Waals surface area (Å²) in [7, 11) is 1.50. The average Bonchev–Trinajstić information content (AvgIpc) is 2.34. The molecule has 0 bridgehead atoms. The van der Waals surface area contributed by atoms with Crippen LogP contribution in [0.3, 0.4) is 0 Å². The molecule has 0 radical (unpaired) electrons. The number of nitrogens with two attached hydrogens (primary N) is 1. The summed E-state index contributed by atoms with van der Waals surface area (Å²) in [5.74, 6) is 1.71. The first-order valence-electron chi connectivity index (χ1n) is 4.89. The molecule has 0 saturated carbocycles. The fourth-order valence-electron chi connectivity index (χ4n) is 0.992. The van der Waals surface area contributed by atoms with E-state index in [2.05, 4.69) is 5.73 Å². The van der Waals surface area contributed by atoms with E-state index < -0.39 is 0 Å². The van der Waals surface area contributed by atoms with Gasteiger partial charge in [-0.2, -0.15) is 0 Å². The molecule has 2 rings (SSSR count). The van der Waals surface area contributed by atoms with Gasteiger partial charge in [0.2, 0.25) is 0 Å². The van der Waals surface area contributed by atoms with Crippen molar-refractivity contribution in [3.63, 3.8) is 0 Å². The van der Waals surface area contributed by atoms with E-state index in [4.69, 9.17) is 9.47 Å². The smallest absolute Gasteiger partial charge is 0.161 e. The molecule has 0 atom stereocenters. The van der Waals surface area contributed by atoms with Crippen molar-refractivity contribution in [2.45, 2.75) is 13.8 Å². The summed E-state index contributed by atoms with van der Waals surface area (Å²) in [6, 6.07) is 7.70. The van der Waals surface area contributed by atoms with Crippen molar-refractivity contribution >= 4 is 0 Å². The first-order valence-corrected chi connectivity index (χ1v) is 4.89. The van der Waals surface area contributed by atoms with Gasteiger partial charge in [0.1, 0.15) is 13.2 Å². The molecule has 3 nitrogen and oxygen atoms in total. The molecule has 3 heteroatoms. The third kappa shape index (κ3) is 3.66. The van der Waals surface area contributed by atoms with E-state index in [0.717, 1.165) is 11.5 Å². The minimum absolute atomic E-state index is 0.664. The Morgan fingerprint density at radius 2 is 1.29 bits per heavy atom. The van der Waals surface area contributed by atoms with Crippen molar-refractivity contribution in [2.24, 2.45) is 5.73 Å². The van der Waals surface area contributed by atoms with Crippen molar-refractivity contribution in [3.8, 4) is 11.5 Å². The lowest BCUT2D eigenvalue weighted by atomic mass is 10.3. The third-order valence-electron chi connectivity index (χ3n) is 1.45. The predicted molar refractivity (Wildman–Crippen MR) is 58.9 cm³/mol. The topological polar surface area (TPSA) is 44.5 Å². The SMILES string of the molecule is CC.CN.c1ccc2c(c1)OCCO2. The van der Waals surface area contributed by atoms with Gasteiger partial charge in [0, 0.05) is 0 Å². The molecule has 0 unspecified atom stereocenters. The third-order valence-corrected chi connectivity index (χ3v) is 1.45. The molecule has 2 N–H and O–H groups in total. The van der Waals surface area contributed by atoms with Crippen molar-refractivity contribution in [2.75, 3.05) is 20.3 Å². The van der Waals surface area contributed by atoms with Gasteiger partial charge in [0.25, 0.3) is 0 Å². The highest BCUT2D eigenvalue weighted by atomic mass is 16.6. The Kier molecular flexibility index (Phi) is 7.65. The fourth-order valence-corrected chi connectivity index (χ4v) is 0.992. The summed E-state index contributed by atoms with van der Waals surface area (Å²) in [6.45, 7) is 5.33. The minimum atomic E-state index is 0.664. The van der Waals surface area contributed by atoms with Crippen LogP contribution in [0.2, 0.25) is 0 Å². The number of rotatable bonds is 0. The Labute approximate surface area is 85.8 Å². The summed E-state index contributed by atoms with van der Waals surface area (Å²) in [5, 5.41) is 0. The van der Waals surface area contributed by atoms with E-state index in [9.17, 15) is 0 Å². The molecule has 0 fully saturated rings. The van der Waals surface area contributed by atoms with Crippen LogP contribution in [0.4, 0.5) is 0 Å². The van der Waals surface area contributed by atoms with Gasteiger partial charge >= 0.3 is 0 Å². The molecule has 1 aromatic carbocycles. The van der Waals surface area contributed by atoms with Crippen molar-refractivity contribution in [1.29, 1.82) is 0 Å². The van der Waals surface area contributed by atoms with Crippen molar-refractivity contribution in [3.05, 3.63) is 24.3 Å². The Morgan fingerprint density at radius 1 is 0.929 bits per heavy atom. The molecule has 1 aliphatic heterocycles. The lowest BCUT2D eigenvalue weighted by Crippen LogP contribution is -2.14. The van der Waals surface area contributed by atoms with Gasteiger partial charge in [-0.3, -0.25) is 0 Å². The van der Waals surface area contributed by atoms with E-state index in [1.807, 2.05) is 38.1 Å². The molecule has 80 valence electrons. The maximum Gasteiger partial charge on any atom is 0.161 e. The maximum atomic E-state index is 5.30. The van der Waals surface area contributed by atoms with Gasteiger partial charge < -0.3 is 15.2 Å². The molecule has 0 amide bonds.